The van der Waals surface area contributed by atoms with Gasteiger partial charge in [0.25, 0.3) is 5.82 Å². The summed E-state index contributed by atoms with van der Waals surface area (Å²) in [5, 5.41) is 6.80. The number of nitrogens with zero attached hydrogens (tertiary/aromatic N) is 4. The summed E-state index contributed by atoms with van der Waals surface area (Å²) in [6.07, 6.45) is 3.94. The van der Waals surface area contributed by atoms with Gasteiger partial charge in [-0.2, -0.15) is 5.10 Å². The number of hydrogen-bond acceptors (Lipinski definition) is 4. The minimum absolute atomic E-state index is 0.941. The van der Waals surface area contributed by atoms with Crippen LogP contribution in [0.15, 0.2) is 53.8 Å². The van der Waals surface area contributed by atoms with E-state index in [1.54, 1.807) is 0 Å². The molecule has 1 aromatic carbocycles. The van der Waals surface area contributed by atoms with Crippen LogP contribution < -0.4 is 14.8 Å². The van der Waals surface area contributed by atoms with Crippen LogP contribution in [-0.4, -0.2) is 50.5 Å². The van der Waals surface area contributed by atoms with E-state index in [-0.39, 0.29) is 0 Å². The molecule has 0 saturated carbocycles. The molecule has 25 heavy (non-hydrogen) atoms. The van der Waals surface area contributed by atoms with Gasteiger partial charge in [0.2, 0.25) is 0 Å². The SMILES string of the molecule is CCN(CC)c1ccc(/C=N\N2CCN(c3cccc[nH+]3)CC2)cc1. The summed E-state index contributed by atoms with van der Waals surface area (Å²) in [6.45, 7) is 10.3. The molecule has 1 fully saturated rings. The Kier molecular flexibility index (Phi) is 5.88. The van der Waals surface area contributed by atoms with Crippen molar-refractivity contribution in [2.24, 2.45) is 5.10 Å². The first-order valence-corrected chi connectivity index (χ1v) is 9.15. The highest BCUT2D eigenvalue weighted by atomic mass is 15.5. The fraction of sp³-hybridized carbons (Fsp3) is 0.400. The number of anilines is 2. The molecule has 132 valence electrons. The van der Waals surface area contributed by atoms with Crippen molar-refractivity contribution in [2.45, 2.75) is 13.8 Å². The van der Waals surface area contributed by atoms with E-state index >= 15 is 0 Å². The molecule has 1 aromatic heterocycles. The summed E-state index contributed by atoms with van der Waals surface area (Å²) in [5.74, 6) is 1.18. The van der Waals surface area contributed by atoms with E-state index in [1.807, 2.05) is 18.5 Å². The van der Waals surface area contributed by atoms with Crippen molar-refractivity contribution < 1.29 is 4.98 Å². The molecule has 0 atom stereocenters. The molecule has 3 rings (SSSR count). The van der Waals surface area contributed by atoms with E-state index < -0.39 is 0 Å². The van der Waals surface area contributed by atoms with Gasteiger partial charge in [-0.3, -0.25) is 9.91 Å². The zero-order valence-electron chi connectivity index (χ0n) is 15.2. The fourth-order valence-electron chi connectivity index (χ4n) is 3.14. The van der Waals surface area contributed by atoms with Gasteiger partial charge in [0.1, 0.15) is 13.1 Å². The van der Waals surface area contributed by atoms with Crippen LogP contribution in [0.2, 0.25) is 0 Å². The summed E-state index contributed by atoms with van der Waals surface area (Å²) < 4.78 is 0. The lowest BCUT2D eigenvalue weighted by atomic mass is 10.2. The van der Waals surface area contributed by atoms with Crippen molar-refractivity contribution in [1.82, 2.24) is 5.01 Å². The second kappa shape index (κ2) is 8.51. The van der Waals surface area contributed by atoms with E-state index in [4.69, 9.17) is 0 Å². The van der Waals surface area contributed by atoms with Crippen molar-refractivity contribution >= 4 is 17.7 Å². The van der Waals surface area contributed by atoms with E-state index in [2.05, 4.69) is 75.1 Å². The Hall–Kier alpha value is -2.56. The molecule has 1 saturated heterocycles. The molecule has 0 amide bonds. The number of aromatic nitrogens is 1. The zero-order valence-corrected chi connectivity index (χ0v) is 15.2. The van der Waals surface area contributed by atoms with Crippen LogP contribution >= 0.6 is 0 Å². The Morgan fingerprint density at radius 3 is 2.32 bits per heavy atom. The van der Waals surface area contributed by atoms with E-state index in [1.165, 1.54) is 11.5 Å². The van der Waals surface area contributed by atoms with Gasteiger partial charge in [-0.25, -0.2) is 4.98 Å². The second-order valence-corrected chi connectivity index (χ2v) is 6.20. The maximum atomic E-state index is 4.65. The van der Waals surface area contributed by atoms with Gasteiger partial charge in [-0.05, 0) is 37.6 Å². The van der Waals surface area contributed by atoms with Gasteiger partial charge in [0, 0.05) is 24.8 Å². The van der Waals surface area contributed by atoms with Crippen molar-refractivity contribution in [2.75, 3.05) is 49.1 Å². The lowest BCUT2D eigenvalue weighted by Gasteiger charge is -2.28. The van der Waals surface area contributed by atoms with Crippen LogP contribution in [0.1, 0.15) is 19.4 Å². The lowest BCUT2D eigenvalue weighted by molar-refractivity contribution is -0.364. The lowest BCUT2D eigenvalue weighted by Crippen LogP contribution is -2.45. The number of hydrogen-bond donors (Lipinski definition) is 0. The third-order valence-corrected chi connectivity index (χ3v) is 4.68. The molecule has 0 radical (unpaired) electrons. The minimum Gasteiger partial charge on any atom is -0.372 e. The minimum atomic E-state index is 0.941. The van der Waals surface area contributed by atoms with Crippen molar-refractivity contribution in [3.05, 3.63) is 54.2 Å². The molecule has 0 spiro atoms. The highest BCUT2D eigenvalue weighted by molar-refractivity contribution is 5.80. The first-order valence-electron chi connectivity index (χ1n) is 9.15. The first kappa shape index (κ1) is 17.3. The van der Waals surface area contributed by atoms with Crippen molar-refractivity contribution in [3.63, 3.8) is 0 Å². The standard InChI is InChI=1S/C20H27N5/c1-3-23(4-2)19-10-8-18(9-11-19)17-22-25-15-13-24(14-16-25)20-7-5-6-12-21-20/h5-12,17H,3-4,13-16H2,1-2H3/p+1/b22-17-. The number of pyridine rings is 1. The Labute approximate surface area is 150 Å². The van der Waals surface area contributed by atoms with E-state index in [9.17, 15) is 0 Å². The molecule has 1 aliphatic rings. The maximum absolute atomic E-state index is 4.65. The quantitative estimate of drug-likeness (QED) is 0.759. The van der Waals surface area contributed by atoms with Gasteiger partial charge in [0.05, 0.1) is 25.5 Å². The fourth-order valence-corrected chi connectivity index (χ4v) is 3.14. The number of aromatic amines is 1. The highest BCUT2D eigenvalue weighted by Gasteiger charge is 2.21. The molecule has 0 unspecified atom stereocenters. The molecule has 1 aliphatic heterocycles. The molecule has 5 nitrogen and oxygen atoms in total. The molecule has 0 bridgehead atoms. The van der Waals surface area contributed by atoms with Crippen LogP contribution in [0.4, 0.5) is 11.5 Å². The first-order chi connectivity index (χ1) is 12.3. The molecule has 0 aliphatic carbocycles. The Bertz CT molecular complexity index is 656. The normalized spacial score (nSPS) is 15.0. The molecule has 5 heteroatoms. The largest absolute Gasteiger partial charge is 0.372 e. The van der Waals surface area contributed by atoms with Gasteiger partial charge in [-0.15, -0.1) is 0 Å². The molecular formula is C20H28N5+. The van der Waals surface area contributed by atoms with Gasteiger partial charge >= 0.3 is 0 Å². The Morgan fingerprint density at radius 1 is 1.00 bits per heavy atom. The van der Waals surface area contributed by atoms with Crippen LogP contribution in [0, 0.1) is 0 Å². The summed E-state index contributed by atoms with van der Waals surface area (Å²) in [4.78, 5) is 8.01. The summed E-state index contributed by atoms with van der Waals surface area (Å²) >= 11 is 0. The number of nitrogens with one attached hydrogen (secondary N) is 1. The third-order valence-electron chi connectivity index (χ3n) is 4.68. The third kappa shape index (κ3) is 4.50. The summed E-state index contributed by atoms with van der Waals surface area (Å²) in [7, 11) is 0. The summed E-state index contributed by atoms with van der Waals surface area (Å²) in [6, 6.07) is 14.8. The number of H-pyrrole nitrogens is 1. The van der Waals surface area contributed by atoms with E-state index in [0.717, 1.165) is 44.8 Å². The molecule has 2 aromatic rings. The van der Waals surface area contributed by atoms with Gasteiger partial charge in [0.15, 0.2) is 0 Å². The molecule has 1 N–H and O–H groups in total. The number of piperazine rings is 1. The number of hydrazone groups is 1. The van der Waals surface area contributed by atoms with Crippen LogP contribution in [0.5, 0.6) is 0 Å². The highest BCUT2D eigenvalue weighted by Crippen LogP contribution is 2.14. The predicted octanol–water partition coefficient (Wildman–Crippen LogP) is 2.50. The number of benzene rings is 1. The van der Waals surface area contributed by atoms with Crippen LogP contribution in [0.25, 0.3) is 0 Å². The smallest absolute Gasteiger partial charge is 0.274 e. The summed E-state index contributed by atoms with van der Waals surface area (Å²) in [5.41, 5.74) is 2.42. The molecule has 2 heterocycles. The van der Waals surface area contributed by atoms with Crippen LogP contribution in [0.3, 0.4) is 0 Å². The predicted molar refractivity (Wildman–Crippen MR) is 104 cm³/mol. The number of rotatable bonds is 6. The van der Waals surface area contributed by atoms with E-state index in [0.29, 0.717) is 0 Å². The average molecular weight is 338 g/mol. The Balaban J connectivity index is 1.53. The van der Waals surface area contributed by atoms with Gasteiger partial charge < -0.3 is 4.90 Å². The maximum Gasteiger partial charge on any atom is 0.274 e. The van der Waals surface area contributed by atoms with Crippen LogP contribution in [-0.2, 0) is 0 Å². The molecular weight excluding hydrogens is 310 g/mol. The van der Waals surface area contributed by atoms with Crippen molar-refractivity contribution in [1.29, 1.82) is 0 Å². The topological polar surface area (TPSA) is 36.2 Å². The monoisotopic (exact) mass is 338 g/mol. The second-order valence-electron chi connectivity index (χ2n) is 6.20. The average Bonchev–Trinajstić information content (AvgIpc) is 2.69. The zero-order chi connectivity index (χ0) is 17.5. The van der Waals surface area contributed by atoms with Gasteiger partial charge in [-0.1, -0.05) is 18.2 Å². The van der Waals surface area contributed by atoms with Crippen molar-refractivity contribution in [3.8, 4) is 0 Å². The Morgan fingerprint density at radius 2 is 1.72 bits per heavy atom.